The molecule has 0 spiro atoms. The molecular formula is C17H16F4N2O2. The number of nitrogens with two attached hydrogens (primary N) is 1. The highest BCUT2D eigenvalue weighted by atomic mass is 19.4. The van der Waals surface area contributed by atoms with Crippen LogP contribution in [0.1, 0.15) is 23.4 Å². The quantitative estimate of drug-likeness (QED) is 0.837. The van der Waals surface area contributed by atoms with Gasteiger partial charge in [0.15, 0.2) is 5.76 Å². The smallest absolute Gasteiger partial charge is 0.408 e. The summed E-state index contributed by atoms with van der Waals surface area (Å²) in [5.41, 5.74) is 5.85. The predicted molar refractivity (Wildman–Crippen MR) is 82.2 cm³/mol. The number of hydrogen-bond donors (Lipinski definition) is 1. The standard InChI is InChI=1S/C17H16F4N2O2/c18-12-4-2-1-3-11(12)13-6-7-14(25-13)16(24)23-9-10(22)5-8-15(23)17(19,20)21/h1-4,6-7,10,15H,5,8-9,22H2. The van der Waals surface area contributed by atoms with Gasteiger partial charge in [0.05, 0.1) is 5.56 Å². The molecule has 0 aliphatic carbocycles. The number of amides is 1. The zero-order valence-corrected chi connectivity index (χ0v) is 13.1. The predicted octanol–water partition coefficient (Wildman–Crippen LogP) is 3.58. The first-order valence-corrected chi connectivity index (χ1v) is 7.75. The van der Waals surface area contributed by atoms with Crippen LogP contribution in [0.3, 0.4) is 0 Å². The molecule has 134 valence electrons. The number of piperidine rings is 1. The monoisotopic (exact) mass is 356 g/mol. The Balaban J connectivity index is 1.88. The van der Waals surface area contributed by atoms with E-state index in [1.165, 1.54) is 30.3 Å². The third-order valence-electron chi connectivity index (χ3n) is 4.21. The summed E-state index contributed by atoms with van der Waals surface area (Å²) in [6.07, 6.45) is -4.61. The van der Waals surface area contributed by atoms with Gasteiger partial charge < -0.3 is 15.1 Å². The van der Waals surface area contributed by atoms with Crippen molar-refractivity contribution in [2.75, 3.05) is 6.54 Å². The normalized spacial score (nSPS) is 21.4. The number of carbonyl (C=O) groups excluding carboxylic acids is 1. The Kier molecular flexibility index (Phi) is 4.55. The SMILES string of the molecule is NC1CCC(C(F)(F)F)N(C(=O)c2ccc(-c3ccccc3F)o2)C1. The molecule has 25 heavy (non-hydrogen) atoms. The van der Waals surface area contributed by atoms with E-state index >= 15 is 0 Å². The molecule has 1 aliphatic heterocycles. The lowest BCUT2D eigenvalue weighted by Gasteiger charge is -2.38. The van der Waals surface area contributed by atoms with E-state index in [2.05, 4.69) is 0 Å². The minimum atomic E-state index is -4.54. The minimum Gasteiger partial charge on any atom is -0.451 e. The molecule has 8 heteroatoms. The van der Waals surface area contributed by atoms with E-state index in [1.807, 2.05) is 0 Å². The zero-order chi connectivity index (χ0) is 18.2. The maximum Gasteiger partial charge on any atom is 0.408 e. The molecule has 2 aromatic rings. The Morgan fingerprint density at radius 2 is 1.88 bits per heavy atom. The van der Waals surface area contributed by atoms with Gasteiger partial charge in [0.25, 0.3) is 5.91 Å². The Labute approximate surface area is 141 Å². The van der Waals surface area contributed by atoms with Gasteiger partial charge >= 0.3 is 6.18 Å². The van der Waals surface area contributed by atoms with Crippen LogP contribution in [0.2, 0.25) is 0 Å². The molecule has 1 fully saturated rings. The molecule has 0 radical (unpaired) electrons. The average Bonchev–Trinajstić information content (AvgIpc) is 3.03. The van der Waals surface area contributed by atoms with E-state index in [9.17, 15) is 22.4 Å². The van der Waals surface area contributed by atoms with Gasteiger partial charge in [0, 0.05) is 12.6 Å². The van der Waals surface area contributed by atoms with E-state index in [-0.39, 0.29) is 36.5 Å². The molecule has 2 N–H and O–H groups in total. The van der Waals surface area contributed by atoms with Crippen molar-refractivity contribution in [3.63, 3.8) is 0 Å². The summed E-state index contributed by atoms with van der Waals surface area (Å²) in [6, 6.07) is 5.95. The lowest BCUT2D eigenvalue weighted by Crippen LogP contribution is -2.56. The highest BCUT2D eigenvalue weighted by Crippen LogP contribution is 2.33. The molecule has 2 heterocycles. The van der Waals surface area contributed by atoms with Crippen molar-refractivity contribution in [1.29, 1.82) is 0 Å². The lowest BCUT2D eigenvalue weighted by molar-refractivity contribution is -0.184. The van der Waals surface area contributed by atoms with Crippen LogP contribution in [0.4, 0.5) is 17.6 Å². The molecule has 0 saturated carbocycles. The lowest BCUT2D eigenvalue weighted by atomic mass is 9.98. The van der Waals surface area contributed by atoms with Gasteiger partial charge in [-0.15, -0.1) is 0 Å². The molecule has 3 rings (SSSR count). The summed E-state index contributed by atoms with van der Waals surface area (Å²) in [5.74, 6) is -1.66. The van der Waals surface area contributed by atoms with E-state index in [4.69, 9.17) is 10.2 Å². The van der Waals surface area contributed by atoms with Gasteiger partial charge in [-0.1, -0.05) is 12.1 Å². The van der Waals surface area contributed by atoms with Crippen molar-refractivity contribution in [3.8, 4) is 11.3 Å². The highest BCUT2D eigenvalue weighted by Gasteiger charge is 2.48. The topological polar surface area (TPSA) is 59.5 Å². The van der Waals surface area contributed by atoms with Crippen molar-refractivity contribution in [2.45, 2.75) is 31.1 Å². The van der Waals surface area contributed by atoms with Gasteiger partial charge in [-0.3, -0.25) is 4.79 Å². The van der Waals surface area contributed by atoms with E-state index < -0.39 is 30.0 Å². The van der Waals surface area contributed by atoms with E-state index in [1.54, 1.807) is 6.07 Å². The summed E-state index contributed by atoms with van der Waals surface area (Å²) in [7, 11) is 0. The molecule has 2 unspecified atom stereocenters. The summed E-state index contributed by atoms with van der Waals surface area (Å²) < 4.78 is 58.7. The number of alkyl halides is 3. The van der Waals surface area contributed by atoms with Crippen molar-refractivity contribution in [3.05, 3.63) is 48.0 Å². The number of carbonyl (C=O) groups is 1. The third-order valence-corrected chi connectivity index (χ3v) is 4.21. The number of nitrogens with zero attached hydrogens (tertiary/aromatic N) is 1. The maximum atomic E-state index is 13.8. The number of rotatable bonds is 2. The molecule has 1 amide bonds. The van der Waals surface area contributed by atoms with Crippen LogP contribution in [-0.2, 0) is 0 Å². The summed E-state index contributed by atoms with van der Waals surface area (Å²) in [6.45, 7) is -0.210. The molecule has 1 aliphatic rings. The van der Waals surface area contributed by atoms with Gasteiger partial charge in [0.2, 0.25) is 0 Å². The fourth-order valence-electron chi connectivity index (χ4n) is 2.96. The van der Waals surface area contributed by atoms with Crippen LogP contribution in [0.5, 0.6) is 0 Å². The molecule has 4 nitrogen and oxygen atoms in total. The largest absolute Gasteiger partial charge is 0.451 e. The summed E-state index contributed by atoms with van der Waals surface area (Å²) >= 11 is 0. The molecular weight excluding hydrogens is 340 g/mol. The van der Waals surface area contributed by atoms with Gasteiger partial charge in [0.1, 0.15) is 17.6 Å². The van der Waals surface area contributed by atoms with Crippen LogP contribution < -0.4 is 5.73 Å². The van der Waals surface area contributed by atoms with Crippen LogP contribution in [0, 0.1) is 5.82 Å². The van der Waals surface area contributed by atoms with Crippen molar-refractivity contribution in [1.82, 2.24) is 4.90 Å². The van der Waals surface area contributed by atoms with E-state index in [0.717, 1.165) is 0 Å². The Morgan fingerprint density at radius 3 is 2.56 bits per heavy atom. The van der Waals surface area contributed by atoms with Crippen LogP contribution in [0.15, 0.2) is 40.8 Å². The minimum absolute atomic E-state index is 0.0753. The Hall–Kier alpha value is -2.35. The fraction of sp³-hybridized carbons (Fsp3) is 0.353. The second-order valence-electron chi connectivity index (χ2n) is 6.00. The third kappa shape index (κ3) is 3.53. The number of benzene rings is 1. The van der Waals surface area contributed by atoms with Crippen LogP contribution in [0.25, 0.3) is 11.3 Å². The number of furan rings is 1. The number of halogens is 4. The molecule has 1 aromatic heterocycles. The van der Waals surface area contributed by atoms with Crippen LogP contribution in [-0.4, -0.2) is 35.6 Å². The molecule has 2 atom stereocenters. The van der Waals surface area contributed by atoms with Crippen molar-refractivity contribution < 1.29 is 26.8 Å². The first kappa shape index (κ1) is 17.5. The number of likely N-dealkylation sites (tertiary alicyclic amines) is 1. The van der Waals surface area contributed by atoms with E-state index in [0.29, 0.717) is 4.90 Å². The first-order valence-electron chi connectivity index (χ1n) is 7.75. The maximum absolute atomic E-state index is 13.8. The van der Waals surface area contributed by atoms with Crippen molar-refractivity contribution >= 4 is 5.91 Å². The highest BCUT2D eigenvalue weighted by molar-refractivity contribution is 5.92. The van der Waals surface area contributed by atoms with Gasteiger partial charge in [-0.05, 0) is 37.1 Å². The second-order valence-corrected chi connectivity index (χ2v) is 6.00. The second kappa shape index (κ2) is 6.51. The Morgan fingerprint density at radius 1 is 1.16 bits per heavy atom. The molecule has 1 aromatic carbocycles. The molecule has 1 saturated heterocycles. The molecule has 0 bridgehead atoms. The Bertz CT molecular complexity index is 772. The average molecular weight is 356 g/mol. The van der Waals surface area contributed by atoms with Crippen molar-refractivity contribution in [2.24, 2.45) is 5.73 Å². The first-order chi connectivity index (χ1) is 11.8. The number of hydrogen-bond acceptors (Lipinski definition) is 3. The summed E-state index contributed by atoms with van der Waals surface area (Å²) in [5, 5.41) is 0. The fourth-order valence-corrected chi connectivity index (χ4v) is 2.96. The van der Waals surface area contributed by atoms with Gasteiger partial charge in [-0.25, -0.2) is 4.39 Å². The van der Waals surface area contributed by atoms with Gasteiger partial charge in [-0.2, -0.15) is 13.2 Å². The van der Waals surface area contributed by atoms with Crippen LogP contribution >= 0.6 is 0 Å². The zero-order valence-electron chi connectivity index (χ0n) is 13.1. The summed E-state index contributed by atoms with van der Waals surface area (Å²) in [4.78, 5) is 13.2.